The van der Waals surface area contributed by atoms with Gasteiger partial charge < -0.3 is 0 Å². The van der Waals surface area contributed by atoms with Crippen LogP contribution >= 0.6 is 0 Å². The molecule has 1 aromatic carbocycles. The van der Waals surface area contributed by atoms with Gasteiger partial charge in [-0.3, -0.25) is 0 Å². The molecule has 0 saturated heterocycles. The maximum absolute atomic E-state index is 7.99. The van der Waals surface area contributed by atoms with Gasteiger partial charge in [0.2, 0.25) is 0 Å². The average Bonchev–Trinajstić information content (AvgIpc) is 2.37. The van der Waals surface area contributed by atoms with E-state index >= 15 is 0 Å². The van der Waals surface area contributed by atoms with Crippen LogP contribution < -0.4 is 0 Å². The molecule has 0 radical (unpaired) electrons. The summed E-state index contributed by atoms with van der Waals surface area (Å²) in [4.78, 5) is 0. The lowest BCUT2D eigenvalue weighted by Gasteiger charge is -2.16. The molecule has 82 valence electrons. The van der Waals surface area contributed by atoms with Crippen molar-refractivity contribution in [3.05, 3.63) is 48.0 Å². The Balaban J connectivity index is 2.55. The number of aryl methyl sites for hydroxylation is 1. The zero-order chi connectivity index (χ0) is 12.7. The summed E-state index contributed by atoms with van der Waals surface area (Å²) in [6, 6.07) is 10.1. The zero-order valence-electron chi connectivity index (χ0n) is 11.7. The Morgan fingerprint density at radius 3 is 2.73 bits per heavy atom. The number of rotatable bonds is 5. The van der Waals surface area contributed by atoms with E-state index in [1.807, 2.05) is 30.4 Å². The highest BCUT2D eigenvalue weighted by molar-refractivity contribution is 5.15. The number of benzene rings is 1. The standard InChI is InChI=1S/C15H22/c1-4-15(2,3)13-9-8-12-14-10-6-5-7-11-14/h5-7,9-11,13H,4,8,12H2,1-3H3/b13-9+/i2D,8D/t8?,15-/m0/s1. The average molecular weight is 204 g/mol. The maximum atomic E-state index is 7.99. The third-order valence-corrected chi connectivity index (χ3v) is 2.64. The number of hydrogen-bond acceptors (Lipinski definition) is 0. The van der Waals surface area contributed by atoms with Crippen molar-refractivity contribution in [3.8, 4) is 0 Å². The molecule has 0 saturated carbocycles. The third kappa shape index (κ3) is 4.83. The summed E-state index contributed by atoms with van der Waals surface area (Å²) >= 11 is 0. The normalized spacial score (nSPS) is 19.3. The molecule has 1 rings (SSSR count). The SMILES string of the molecule is [2H]C[C@@](C)(/C=C/C([2H])Cc1ccccc1)CC. The van der Waals surface area contributed by atoms with E-state index < -0.39 is 0 Å². The van der Waals surface area contributed by atoms with Gasteiger partial charge in [0.15, 0.2) is 0 Å². The smallest absolute Gasteiger partial charge is 0.0313 e. The van der Waals surface area contributed by atoms with Gasteiger partial charge in [0.25, 0.3) is 0 Å². The van der Waals surface area contributed by atoms with Crippen LogP contribution in [0, 0.1) is 5.41 Å². The van der Waals surface area contributed by atoms with Gasteiger partial charge in [0.05, 0.1) is 0 Å². The van der Waals surface area contributed by atoms with Crippen molar-refractivity contribution >= 4 is 0 Å². The Morgan fingerprint density at radius 2 is 2.13 bits per heavy atom. The summed E-state index contributed by atoms with van der Waals surface area (Å²) in [5, 5.41) is 0. The van der Waals surface area contributed by atoms with Crippen molar-refractivity contribution in [2.45, 2.75) is 40.0 Å². The van der Waals surface area contributed by atoms with E-state index in [2.05, 4.69) is 26.0 Å². The van der Waals surface area contributed by atoms with E-state index in [1.165, 1.54) is 5.56 Å². The molecule has 0 N–H and O–H groups in total. The van der Waals surface area contributed by atoms with Gasteiger partial charge in [0, 0.05) is 2.74 Å². The van der Waals surface area contributed by atoms with Gasteiger partial charge in [-0.25, -0.2) is 0 Å². The van der Waals surface area contributed by atoms with Gasteiger partial charge in [-0.2, -0.15) is 0 Å². The van der Waals surface area contributed by atoms with Crippen molar-refractivity contribution in [2.24, 2.45) is 5.41 Å². The van der Waals surface area contributed by atoms with Crippen LogP contribution in [0.25, 0.3) is 0 Å². The maximum Gasteiger partial charge on any atom is 0.0313 e. The molecule has 0 aliphatic rings. The van der Waals surface area contributed by atoms with Gasteiger partial charge in [0.1, 0.15) is 0 Å². The summed E-state index contributed by atoms with van der Waals surface area (Å²) < 4.78 is 15.5. The van der Waals surface area contributed by atoms with E-state index in [0.717, 1.165) is 12.8 Å². The molecule has 0 heteroatoms. The van der Waals surface area contributed by atoms with Gasteiger partial charge in [-0.1, -0.05) is 63.2 Å². The summed E-state index contributed by atoms with van der Waals surface area (Å²) in [5.41, 5.74) is 1.12. The summed E-state index contributed by atoms with van der Waals surface area (Å²) in [6.07, 6.45) is 5.46. The molecule has 1 unspecified atom stereocenters. The molecule has 0 fully saturated rings. The predicted molar refractivity (Wildman–Crippen MR) is 68.0 cm³/mol. The summed E-state index contributed by atoms with van der Waals surface area (Å²) in [6.45, 7) is 4.55. The fraction of sp³-hybridized carbons (Fsp3) is 0.467. The summed E-state index contributed by atoms with van der Waals surface area (Å²) in [5.74, 6) is 0. The van der Waals surface area contributed by atoms with Crippen molar-refractivity contribution in [1.29, 1.82) is 0 Å². The number of hydrogen-bond donors (Lipinski definition) is 0. The number of allylic oxidation sites excluding steroid dienone is 2. The lowest BCUT2D eigenvalue weighted by molar-refractivity contribution is 0.460. The van der Waals surface area contributed by atoms with E-state index in [1.54, 1.807) is 0 Å². The minimum absolute atomic E-state index is 0.0734. The first-order valence-electron chi connectivity index (χ1n) is 6.83. The first kappa shape index (κ1) is 9.21. The molecular formula is C15H22. The first-order valence-corrected chi connectivity index (χ1v) is 5.54. The second-order valence-electron chi connectivity index (χ2n) is 4.29. The topological polar surface area (TPSA) is 0 Å². The minimum atomic E-state index is -0.213. The van der Waals surface area contributed by atoms with Gasteiger partial charge in [-0.05, 0) is 30.2 Å². The molecule has 0 aliphatic carbocycles. The highest BCUT2D eigenvalue weighted by atomic mass is 14.1. The molecule has 0 aromatic heterocycles. The predicted octanol–water partition coefficient (Wildman–Crippen LogP) is 4.61. The molecule has 0 nitrogen and oxygen atoms in total. The Labute approximate surface area is 96.8 Å². The van der Waals surface area contributed by atoms with Crippen molar-refractivity contribution < 1.29 is 2.74 Å². The molecule has 1 aromatic rings. The second kappa shape index (κ2) is 5.75. The fourth-order valence-corrected chi connectivity index (χ4v) is 1.24. The van der Waals surface area contributed by atoms with Crippen LogP contribution in [0.15, 0.2) is 42.5 Å². The molecule has 0 amide bonds. The van der Waals surface area contributed by atoms with Crippen molar-refractivity contribution in [1.82, 2.24) is 0 Å². The lowest BCUT2D eigenvalue weighted by Crippen LogP contribution is -2.04. The van der Waals surface area contributed by atoms with Crippen LogP contribution in [0.5, 0.6) is 0 Å². The highest BCUT2D eigenvalue weighted by Crippen LogP contribution is 2.21. The monoisotopic (exact) mass is 204 g/mol. The Hall–Kier alpha value is -1.04. The van der Waals surface area contributed by atoms with Gasteiger partial charge in [-0.15, -0.1) is 0 Å². The molecule has 0 spiro atoms. The van der Waals surface area contributed by atoms with Crippen molar-refractivity contribution in [3.63, 3.8) is 0 Å². The molecule has 15 heavy (non-hydrogen) atoms. The third-order valence-electron chi connectivity index (χ3n) is 2.64. The zero-order valence-corrected chi connectivity index (χ0v) is 9.74. The quantitative estimate of drug-likeness (QED) is 0.614. The van der Waals surface area contributed by atoms with E-state index in [9.17, 15) is 0 Å². The van der Waals surface area contributed by atoms with Crippen LogP contribution in [0.2, 0.25) is 0 Å². The molecule has 0 aliphatic heterocycles. The van der Waals surface area contributed by atoms with Gasteiger partial charge >= 0.3 is 0 Å². The second-order valence-corrected chi connectivity index (χ2v) is 4.29. The lowest BCUT2D eigenvalue weighted by atomic mass is 9.89. The Bertz CT molecular complexity index is 339. The fourth-order valence-electron chi connectivity index (χ4n) is 1.24. The molecule has 0 bridgehead atoms. The minimum Gasteiger partial charge on any atom is -0.0877 e. The van der Waals surface area contributed by atoms with Crippen LogP contribution in [0.4, 0.5) is 0 Å². The molecular weight excluding hydrogens is 180 g/mol. The van der Waals surface area contributed by atoms with Crippen LogP contribution in [-0.2, 0) is 6.42 Å². The van der Waals surface area contributed by atoms with E-state index in [0.29, 0.717) is 6.90 Å². The Kier molecular flexibility index (Phi) is 3.53. The largest absolute Gasteiger partial charge is 0.0877 e. The first-order chi connectivity index (χ1) is 8.09. The molecule has 2 atom stereocenters. The van der Waals surface area contributed by atoms with Crippen molar-refractivity contribution in [2.75, 3.05) is 0 Å². The van der Waals surface area contributed by atoms with Crippen LogP contribution in [0.1, 0.15) is 41.9 Å². The molecule has 0 heterocycles. The van der Waals surface area contributed by atoms with Crippen LogP contribution in [-0.4, -0.2) is 0 Å². The van der Waals surface area contributed by atoms with Crippen LogP contribution in [0.3, 0.4) is 0 Å². The van der Waals surface area contributed by atoms with E-state index in [-0.39, 0.29) is 11.8 Å². The highest BCUT2D eigenvalue weighted by Gasteiger charge is 2.08. The Morgan fingerprint density at radius 1 is 1.40 bits per heavy atom. The summed E-state index contributed by atoms with van der Waals surface area (Å²) in [7, 11) is 0. The van der Waals surface area contributed by atoms with E-state index in [4.69, 9.17) is 2.74 Å².